The summed E-state index contributed by atoms with van der Waals surface area (Å²) >= 11 is 0. The molecule has 0 aromatic heterocycles. The summed E-state index contributed by atoms with van der Waals surface area (Å²) in [4.78, 5) is 22.8. The maximum absolute atomic E-state index is 12.2. The zero-order chi connectivity index (χ0) is 15.9. The molecule has 0 fully saturated rings. The van der Waals surface area contributed by atoms with E-state index in [2.05, 4.69) is 5.32 Å². The molecule has 0 saturated carbocycles. The lowest BCUT2D eigenvalue weighted by Gasteiger charge is -2.30. The molecule has 116 valence electrons. The quantitative estimate of drug-likeness (QED) is 0.661. The molecule has 0 saturated heterocycles. The fraction of sp³-hybridized carbons (Fsp3) is 0.467. The average Bonchev–Trinajstić information content (AvgIpc) is 2.51. The Morgan fingerprint density at radius 3 is 2.24 bits per heavy atom. The third kappa shape index (κ3) is 4.75. The van der Waals surface area contributed by atoms with Crippen molar-refractivity contribution in [2.75, 3.05) is 13.2 Å². The lowest BCUT2D eigenvalue weighted by atomic mass is 9.93. The Balaban J connectivity index is 2.73. The minimum Gasteiger partial charge on any atom is -0.484 e. The second-order valence-corrected chi connectivity index (χ2v) is 4.88. The van der Waals surface area contributed by atoms with Gasteiger partial charge in [-0.15, -0.1) is 0 Å². The van der Waals surface area contributed by atoms with E-state index in [1.165, 1.54) is 0 Å². The van der Waals surface area contributed by atoms with Crippen molar-refractivity contribution in [3.8, 4) is 5.75 Å². The highest BCUT2D eigenvalue weighted by molar-refractivity contribution is 5.94. The van der Waals surface area contributed by atoms with Crippen LogP contribution >= 0.6 is 0 Å². The predicted octanol–water partition coefficient (Wildman–Crippen LogP) is 0.832. The van der Waals surface area contributed by atoms with E-state index in [0.717, 1.165) is 0 Å². The fourth-order valence-corrected chi connectivity index (χ4v) is 1.86. The normalized spacial score (nSPS) is 11.0. The number of benzene rings is 1. The lowest BCUT2D eigenvalue weighted by molar-refractivity contribution is -0.119. The molecular formula is C15H22N2O4. The van der Waals surface area contributed by atoms with Crippen LogP contribution in [0.2, 0.25) is 0 Å². The smallest absolute Gasteiger partial charge is 0.255 e. The number of hydrogen-bond donors (Lipinski definition) is 3. The number of carbonyl (C=O) groups is 2. The van der Waals surface area contributed by atoms with Gasteiger partial charge in [-0.1, -0.05) is 13.8 Å². The highest BCUT2D eigenvalue weighted by Crippen LogP contribution is 2.17. The Morgan fingerprint density at radius 2 is 1.81 bits per heavy atom. The van der Waals surface area contributed by atoms with Crippen molar-refractivity contribution in [3.63, 3.8) is 0 Å². The van der Waals surface area contributed by atoms with Crippen LogP contribution in [0.4, 0.5) is 0 Å². The zero-order valence-electron chi connectivity index (χ0n) is 12.4. The number of primary amides is 1. The molecule has 2 amide bonds. The van der Waals surface area contributed by atoms with E-state index in [0.29, 0.717) is 24.2 Å². The third-order valence-corrected chi connectivity index (χ3v) is 3.53. The maximum Gasteiger partial charge on any atom is 0.255 e. The first kappa shape index (κ1) is 17.0. The topological polar surface area (TPSA) is 102 Å². The molecule has 0 aliphatic carbocycles. The fourth-order valence-electron chi connectivity index (χ4n) is 1.86. The Kier molecular flexibility index (Phi) is 6.17. The van der Waals surface area contributed by atoms with Crippen LogP contribution in [0, 0.1) is 0 Å². The molecule has 0 atom stereocenters. The van der Waals surface area contributed by atoms with Gasteiger partial charge < -0.3 is 20.9 Å². The van der Waals surface area contributed by atoms with Gasteiger partial charge in [-0.05, 0) is 37.1 Å². The SMILES string of the molecule is CCC(CC)(CO)NC(=O)c1ccc(OCC(N)=O)cc1. The second-order valence-electron chi connectivity index (χ2n) is 4.88. The number of hydrogen-bond acceptors (Lipinski definition) is 4. The minimum absolute atomic E-state index is 0.106. The van der Waals surface area contributed by atoms with Crippen molar-refractivity contribution in [2.45, 2.75) is 32.2 Å². The number of aliphatic hydroxyl groups excluding tert-OH is 1. The summed E-state index contributed by atoms with van der Waals surface area (Å²) in [7, 11) is 0. The molecule has 6 heteroatoms. The van der Waals surface area contributed by atoms with Crippen LogP contribution in [0.1, 0.15) is 37.0 Å². The van der Waals surface area contributed by atoms with E-state index in [4.69, 9.17) is 10.5 Å². The van der Waals surface area contributed by atoms with Crippen LogP contribution in [0.3, 0.4) is 0 Å². The van der Waals surface area contributed by atoms with E-state index in [9.17, 15) is 14.7 Å². The van der Waals surface area contributed by atoms with Crippen molar-refractivity contribution in [2.24, 2.45) is 5.73 Å². The van der Waals surface area contributed by atoms with E-state index in [1.54, 1.807) is 24.3 Å². The van der Waals surface area contributed by atoms with Gasteiger partial charge >= 0.3 is 0 Å². The van der Waals surface area contributed by atoms with Crippen LogP contribution in [-0.4, -0.2) is 35.7 Å². The summed E-state index contributed by atoms with van der Waals surface area (Å²) in [6.07, 6.45) is 1.29. The molecule has 1 aromatic rings. The van der Waals surface area contributed by atoms with Gasteiger partial charge in [-0.3, -0.25) is 9.59 Å². The molecule has 0 spiro atoms. The summed E-state index contributed by atoms with van der Waals surface area (Å²) in [5.41, 5.74) is 4.84. The molecule has 4 N–H and O–H groups in total. The third-order valence-electron chi connectivity index (χ3n) is 3.53. The Bertz CT molecular complexity index is 473. The van der Waals surface area contributed by atoms with E-state index in [1.807, 2.05) is 13.8 Å². The standard InChI is InChI=1S/C15H22N2O4/c1-3-15(4-2,10-18)17-14(20)11-5-7-12(8-6-11)21-9-13(16)19/h5-8,18H,3-4,9-10H2,1-2H3,(H2,16,19)(H,17,20). The van der Waals surface area contributed by atoms with Gasteiger partial charge in [0.05, 0.1) is 12.1 Å². The number of carbonyl (C=O) groups excluding carboxylic acids is 2. The molecule has 0 radical (unpaired) electrons. The predicted molar refractivity (Wildman–Crippen MR) is 79.0 cm³/mol. The Labute approximate surface area is 124 Å². The van der Waals surface area contributed by atoms with Gasteiger partial charge in [-0.2, -0.15) is 0 Å². The second kappa shape index (κ2) is 7.64. The van der Waals surface area contributed by atoms with Crippen molar-refractivity contribution >= 4 is 11.8 Å². The number of aliphatic hydroxyl groups is 1. The first-order valence-electron chi connectivity index (χ1n) is 6.91. The minimum atomic E-state index is -0.599. The number of nitrogens with one attached hydrogen (secondary N) is 1. The van der Waals surface area contributed by atoms with Gasteiger partial charge in [-0.25, -0.2) is 0 Å². The highest BCUT2D eigenvalue weighted by Gasteiger charge is 2.27. The summed E-state index contributed by atoms with van der Waals surface area (Å²) in [6, 6.07) is 6.38. The molecule has 1 aromatic carbocycles. The average molecular weight is 294 g/mol. The number of nitrogens with two attached hydrogens (primary N) is 1. The van der Waals surface area contributed by atoms with Crippen molar-refractivity contribution in [1.82, 2.24) is 5.32 Å². The summed E-state index contributed by atoms with van der Waals surface area (Å²) in [6.45, 7) is 3.53. The zero-order valence-corrected chi connectivity index (χ0v) is 12.4. The molecule has 0 aliphatic rings. The highest BCUT2D eigenvalue weighted by atomic mass is 16.5. The number of amides is 2. The summed E-state index contributed by atoms with van der Waals surface area (Å²) < 4.78 is 5.12. The van der Waals surface area contributed by atoms with E-state index >= 15 is 0 Å². The Hall–Kier alpha value is -2.08. The number of rotatable bonds is 8. The molecule has 6 nitrogen and oxygen atoms in total. The van der Waals surface area contributed by atoms with Crippen LogP contribution in [0.25, 0.3) is 0 Å². The van der Waals surface area contributed by atoms with Gasteiger partial charge in [0.15, 0.2) is 6.61 Å². The molecule has 21 heavy (non-hydrogen) atoms. The largest absolute Gasteiger partial charge is 0.484 e. The van der Waals surface area contributed by atoms with E-state index in [-0.39, 0.29) is 19.1 Å². The van der Waals surface area contributed by atoms with Gasteiger partial charge in [0.25, 0.3) is 11.8 Å². The molecule has 0 unspecified atom stereocenters. The van der Waals surface area contributed by atoms with Crippen LogP contribution < -0.4 is 15.8 Å². The summed E-state index contributed by atoms with van der Waals surface area (Å²) in [5.74, 6) is -0.352. The molecule has 0 heterocycles. The monoisotopic (exact) mass is 294 g/mol. The van der Waals surface area contributed by atoms with Gasteiger partial charge in [0.2, 0.25) is 0 Å². The summed E-state index contributed by atoms with van der Waals surface area (Å²) in [5, 5.41) is 12.3. The molecule has 0 aliphatic heterocycles. The van der Waals surface area contributed by atoms with Crippen LogP contribution in [-0.2, 0) is 4.79 Å². The van der Waals surface area contributed by atoms with Crippen LogP contribution in [0.15, 0.2) is 24.3 Å². The van der Waals surface area contributed by atoms with Crippen molar-refractivity contribution < 1.29 is 19.4 Å². The van der Waals surface area contributed by atoms with Gasteiger partial charge in [0.1, 0.15) is 5.75 Å². The molecule has 1 rings (SSSR count). The molecular weight excluding hydrogens is 272 g/mol. The molecule has 0 bridgehead atoms. The lowest BCUT2D eigenvalue weighted by Crippen LogP contribution is -2.50. The van der Waals surface area contributed by atoms with Crippen molar-refractivity contribution in [3.05, 3.63) is 29.8 Å². The van der Waals surface area contributed by atoms with Crippen LogP contribution in [0.5, 0.6) is 5.75 Å². The Morgan fingerprint density at radius 1 is 1.24 bits per heavy atom. The van der Waals surface area contributed by atoms with E-state index < -0.39 is 11.4 Å². The number of ether oxygens (including phenoxy) is 1. The van der Waals surface area contributed by atoms with Crippen molar-refractivity contribution in [1.29, 1.82) is 0 Å². The maximum atomic E-state index is 12.2. The first-order chi connectivity index (χ1) is 9.96. The first-order valence-corrected chi connectivity index (χ1v) is 6.91. The van der Waals surface area contributed by atoms with Gasteiger partial charge in [0, 0.05) is 5.56 Å².